The predicted octanol–water partition coefficient (Wildman–Crippen LogP) is 4.58. The monoisotopic (exact) mass is 273 g/mol. The highest BCUT2D eigenvalue weighted by Crippen LogP contribution is 2.35. The minimum Gasteiger partial charge on any atom is -0.361 e. The molecule has 16 heavy (non-hydrogen) atoms. The van der Waals surface area contributed by atoms with Crippen molar-refractivity contribution in [3.63, 3.8) is 0 Å². The van der Waals surface area contributed by atoms with Gasteiger partial charge in [0.05, 0.1) is 15.7 Å². The van der Waals surface area contributed by atoms with E-state index in [2.05, 4.69) is 5.16 Å². The van der Waals surface area contributed by atoms with Crippen molar-refractivity contribution < 1.29 is 4.52 Å². The summed E-state index contributed by atoms with van der Waals surface area (Å²) < 4.78 is 4.98. The molecule has 5 heteroatoms. The van der Waals surface area contributed by atoms with E-state index in [-0.39, 0.29) is 0 Å². The molecule has 0 aliphatic carbocycles. The lowest BCUT2D eigenvalue weighted by Crippen LogP contribution is -1.81. The third-order valence-corrected chi connectivity index (χ3v) is 3.98. The molecule has 0 N–H and O–H groups in total. The third-order valence-electron chi connectivity index (χ3n) is 1.96. The van der Waals surface area contributed by atoms with Gasteiger partial charge in [-0.1, -0.05) is 34.4 Å². The highest BCUT2D eigenvalue weighted by Gasteiger charge is 2.08. The van der Waals surface area contributed by atoms with Crippen LogP contribution in [0.4, 0.5) is 0 Å². The van der Waals surface area contributed by atoms with Gasteiger partial charge in [0.2, 0.25) is 0 Å². The fourth-order valence-electron chi connectivity index (χ4n) is 1.25. The Kier molecular flexibility index (Phi) is 3.79. The molecule has 1 aromatic carbocycles. The molecular weight excluding hydrogens is 265 g/mol. The summed E-state index contributed by atoms with van der Waals surface area (Å²) in [5.74, 6) is 1.50. The highest BCUT2D eigenvalue weighted by atomic mass is 35.5. The van der Waals surface area contributed by atoms with Crippen LogP contribution in [-0.4, -0.2) is 5.16 Å². The van der Waals surface area contributed by atoms with Gasteiger partial charge in [-0.05, 0) is 19.1 Å². The summed E-state index contributed by atoms with van der Waals surface area (Å²) in [6.45, 7) is 1.86. The fraction of sp³-hybridized carbons (Fsp3) is 0.182. The van der Waals surface area contributed by atoms with Gasteiger partial charge in [0, 0.05) is 16.7 Å². The van der Waals surface area contributed by atoms with Crippen LogP contribution in [0.5, 0.6) is 0 Å². The molecule has 0 amide bonds. The summed E-state index contributed by atoms with van der Waals surface area (Å²) in [6, 6.07) is 7.38. The Bertz CT molecular complexity index is 478. The maximum Gasteiger partial charge on any atom is 0.133 e. The van der Waals surface area contributed by atoms with Gasteiger partial charge in [0.25, 0.3) is 0 Å². The maximum absolute atomic E-state index is 6.05. The summed E-state index contributed by atoms with van der Waals surface area (Å²) in [5, 5.41) is 5.24. The number of aryl methyl sites for hydroxylation is 1. The number of hydrogen-bond acceptors (Lipinski definition) is 3. The van der Waals surface area contributed by atoms with E-state index in [1.54, 1.807) is 11.8 Å². The Morgan fingerprint density at radius 2 is 2.00 bits per heavy atom. The lowest BCUT2D eigenvalue weighted by atomic mass is 10.4. The van der Waals surface area contributed by atoms with E-state index in [4.69, 9.17) is 27.7 Å². The van der Waals surface area contributed by atoms with Gasteiger partial charge in [0.1, 0.15) is 5.76 Å². The second-order valence-electron chi connectivity index (χ2n) is 3.27. The first-order valence-electron chi connectivity index (χ1n) is 4.66. The van der Waals surface area contributed by atoms with Crippen LogP contribution in [0.25, 0.3) is 0 Å². The average molecular weight is 274 g/mol. The van der Waals surface area contributed by atoms with Gasteiger partial charge in [0.15, 0.2) is 0 Å². The number of halogens is 2. The zero-order valence-electron chi connectivity index (χ0n) is 8.54. The van der Waals surface area contributed by atoms with E-state index in [0.717, 1.165) is 16.3 Å². The summed E-state index contributed by atoms with van der Waals surface area (Å²) in [6.07, 6.45) is 0. The molecule has 2 rings (SSSR count). The molecule has 2 aromatic rings. The van der Waals surface area contributed by atoms with Crippen molar-refractivity contribution in [1.29, 1.82) is 0 Å². The number of rotatable bonds is 3. The van der Waals surface area contributed by atoms with E-state index in [1.807, 2.05) is 31.2 Å². The van der Waals surface area contributed by atoms with Crippen LogP contribution in [-0.2, 0) is 5.75 Å². The minimum absolute atomic E-state index is 0.665. The van der Waals surface area contributed by atoms with E-state index < -0.39 is 0 Å². The van der Waals surface area contributed by atoms with Crippen molar-refractivity contribution in [3.8, 4) is 0 Å². The molecule has 0 saturated carbocycles. The SMILES string of the molecule is Cc1cc(CSc2c(Cl)cccc2Cl)no1. The fourth-order valence-corrected chi connectivity index (χ4v) is 2.82. The van der Waals surface area contributed by atoms with Gasteiger partial charge >= 0.3 is 0 Å². The molecule has 0 spiro atoms. The molecular formula is C11H9Cl2NOS. The molecule has 0 atom stereocenters. The predicted molar refractivity (Wildman–Crippen MR) is 67.3 cm³/mol. The van der Waals surface area contributed by atoms with Crippen molar-refractivity contribution in [2.24, 2.45) is 0 Å². The first kappa shape index (κ1) is 11.8. The zero-order valence-corrected chi connectivity index (χ0v) is 10.9. The van der Waals surface area contributed by atoms with Gasteiger partial charge in [-0.2, -0.15) is 0 Å². The van der Waals surface area contributed by atoms with Crippen LogP contribution < -0.4 is 0 Å². The molecule has 0 aliphatic rings. The number of hydrogen-bond donors (Lipinski definition) is 0. The minimum atomic E-state index is 0.665. The maximum atomic E-state index is 6.05. The Hall–Kier alpha value is -0.640. The largest absolute Gasteiger partial charge is 0.361 e. The number of thioether (sulfide) groups is 1. The van der Waals surface area contributed by atoms with Crippen molar-refractivity contribution in [2.75, 3.05) is 0 Å². The Morgan fingerprint density at radius 1 is 1.31 bits per heavy atom. The molecule has 0 unspecified atom stereocenters. The summed E-state index contributed by atoms with van der Waals surface area (Å²) in [4.78, 5) is 0.881. The van der Waals surface area contributed by atoms with Crippen LogP contribution in [0.2, 0.25) is 10.0 Å². The van der Waals surface area contributed by atoms with Crippen LogP contribution in [0.3, 0.4) is 0 Å². The molecule has 1 heterocycles. The smallest absolute Gasteiger partial charge is 0.133 e. The van der Waals surface area contributed by atoms with E-state index in [0.29, 0.717) is 15.8 Å². The van der Waals surface area contributed by atoms with Crippen LogP contribution in [0.15, 0.2) is 33.7 Å². The molecule has 2 nitrogen and oxygen atoms in total. The number of benzene rings is 1. The zero-order chi connectivity index (χ0) is 11.5. The second kappa shape index (κ2) is 5.13. The van der Waals surface area contributed by atoms with E-state index >= 15 is 0 Å². The summed E-state index contributed by atoms with van der Waals surface area (Å²) in [7, 11) is 0. The Morgan fingerprint density at radius 3 is 2.56 bits per heavy atom. The quantitative estimate of drug-likeness (QED) is 0.766. The van der Waals surface area contributed by atoms with Crippen molar-refractivity contribution >= 4 is 35.0 Å². The first-order valence-corrected chi connectivity index (χ1v) is 6.40. The molecule has 84 valence electrons. The van der Waals surface area contributed by atoms with Crippen molar-refractivity contribution in [1.82, 2.24) is 5.16 Å². The van der Waals surface area contributed by atoms with Gasteiger partial charge in [-0.15, -0.1) is 11.8 Å². The molecule has 0 fully saturated rings. The van der Waals surface area contributed by atoms with Gasteiger partial charge in [-0.3, -0.25) is 0 Å². The standard InChI is InChI=1S/C11H9Cl2NOS/c1-7-5-8(14-15-7)6-16-11-9(12)3-2-4-10(11)13/h2-5H,6H2,1H3. The van der Waals surface area contributed by atoms with Crippen LogP contribution >= 0.6 is 35.0 Å². The normalized spacial score (nSPS) is 10.7. The Balaban J connectivity index is 2.10. The molecule has 0 bridgehead atoms. The van der Waals surface area contributed by atoms with E-state index in [9.17, 15) is 0 Å². The number of aromatic nitrogens is 1. The van der Waals surface area contributed by atoms with E-state index in [1.165, 1.54) is 0 Å². The van der Waals surface area contributed by atoms with Gasteiger partial charge in [-0.25, -0.2) is 0 Å². The average Bonchev–Trinajstić information content (AvgIpc) is 2.63. The van der Waals surface area contributed by atoms with Crippen LogP contribution in [0, 0.1) is 6.92 Å². The highest BCUT2D eigenvalue weighted by molar-refractivity contribution is 7.98. The van der Waals surface area contributed by atoms with Crippen molar-refractivity contribution in [2.45, 2.75) is 17.6 Å². The van der Waals surface area contributed by atoms with Crippen LogP contribution in [0.1, 0.15) is 11.5 Å². The second-order valence-corrected chi connectivity index (χ2v) is 5.07. The lowest BCUT2D eigenvalue weighted by molar-refractivity contribution is 0.393. The Labute approximate surface area is 108 Å². The lowest BCUT2D eigenvalue weighted by Gasteiger charge is -2.04. The summed E-state index contributed by atoms with van der Waals surface area (Å²) in [5.41, 5.74) is 0.887. The molecule has 1 aromatic heterocycles. The molecule has 0 radical (unpaired) electrons. The molecule has 0 aliphatic heterocycles. The first-order chi connectivity index (χ1) is 7.66. The summed E-state index contributed by atoms with van der Waals surface area (Å²) >= 11 is 13.7. The van der Waals surface area contributed by atoms with Gasteiger partial charge < -0.3 is 4.52 Å². The van der Waals surface area contributed by atoms with Crippen molar-refractivity contribution in [3.05, 3.63) is 45.8 Å². The third kappa shape index (κ3) is 2.73. The topological polar surface area (TPSA) is 26.0 Å². The number of nitrogens with zero attached hydrogens (tertiary/aromatic N) is 1. The molecule has 0 saturated heterocycles.